The van der Waals surface area contributed by atoms with Crippen molar-refractivity contribution in [2.45, 2.75) is 38.8 Å². The van der Waals surface area contributed by atoms with Crippen LogP contribution in [0.5, 0.6) is 0 Å². The van der Waals surface area contributed by atoms with E-state index in [-0.39, 0.29) is 24.6 Å². The van der Waals surface area contributed by atoms with Crippen LogP contribution in [0, 0.1) is 0 Å². The first-order valence-electron chi connectivity index (χ1n) is 5.67. The molecule has 1 rings (SSSR count). The molecule has 0 aliphatic rings. The second kappa shape index (κ2) is 5.68. The second-order valence-electron chi connectivity index (χ2n) is 4.70. The molecule has 100 valence electrons. The Morgan fingerprint density at radius 2 is 2.11 bits per heavy atom. The van der Waals surface area contributed by atoms with E-state index < -0.39 is 11.5 Å². The van der Waals surface area contributed by atoms with Crippen molar-refractivity contribution in [1.29, 1.82) is 0 Å². The Hall–Kier alpha value is -1.82. The maximum atomic E-state index is 11.8. The number of carbonyl (C=O) groups excluding carboxylic acids is 1. The largest absolute Gasteiger partial charge is 0.481 e. The summed E-state index contributed by atoms with van der Waals surface area (Å²) in [6.45, 7) is 3.76. The number of nitrogens with two attached hydrogens (primary N) is 1. The summed E-state index contributed by atoms with van der Waals surface area (Å²) in [6, 6.07) is 3.18. The number of carboxylic acid groups (broad SMARTS) is 1. The number of aliphatic carboxylic acids is 1. The first kappa shape index (κ1) is 14.2. The average molecular weight is 254 g/mol. The van der Waals surface area contributed by atoms with Gasteiger partial charge in [0.1, 0.15) is 5.76 Å². The fraction of sp³-hybridized carbons (Fsp3) is 0.500. The van der Waals surface area contributed by atoms with Gasteiger partial charge in [-0.15, -0.1) is 0 Å². The molecule has 1 amide bonds. The van der Waals surface area contributed by atoms with Gasteiger partial charge in [0.15, 0.2) is 5.76 Å². The minimum absolute atomic E-state index is 0.000511. The van der Waals surface area contributed by atoms with Gasteiger partial charge < -0.3 is 20.6 Å². The maximum Gasteiger partial charge on any atom is 0.303 e. The average Bonchev–Trinajstić information content (AvgIpc) is 2.74. The Morgan fingerprint density at radius 3 is 2.61 bits per heavy atom. The van der Waals surface area contributed by atoms with Crippen molar-refractivity contribution < 1.29 is 19.1 Å². The van der Waals surface area contributed by atoms with Crippen molar-refractivity contribution in [1.82, 2.24) is 5.32 Å². The molecular weight excluding hydrogens is 236 g/mol. The molecule has 0 saturated carbocycles. The topological polar surface area (TPSA) is 106 Å². The molecule has 0 aromatic carbocycles. The summed E-state index contributed by atoms with van der Waals surface area (Å²) in [4.78, 5) is 22.3. The fourth-order valence-electron chi connectivity index (χ4n) is 1.46. The monoisotopic (exact) mass is 254 g/mol. The number of hydrogen-bond donors (Lipinski definition) is 3. The molecule has 6 heteroatoms. The lowest BCUT2D eigenvalue weighted by molar-refractivity contribution is -0.137. The lowest BCUT2D eigenvalue weighted by Gasteiger charge is -2.24. The normalized spacial score (nSPS) is 11.3. The molecule has 1 heterocycles. The molecule has 0 radical (unpaired) electrons. The summed E-state index contributed by atoms with van der Waals surface area (Å²) < 4.78 is 5.21. The van der Waals surface area contributed by atoms with Gasteiger partial charge in [-0.05, 0) is 32.4 Å². The van der Waals surface area contributed by atoms with E-state index in [1.54, 1.807) is 26.0 Å². The Kier molecular flexibility index (Phi) is 4.49. The van der Waals surface area contributed by atoms with Crippen LogP contribution < -0.4 is 11.1 Å². The molecule has 0 aliphatic heterocycles. The Balaban J connectivity index is 2.60. The van der Waals surface area contributed by atoms with Crippen LogP contribution in [0.4, 0.5) is 0 Å². The Bertz CT molecular complexity index is 437. The van der Waals surface area contributed by atoms with Crippen molar-refractivity contribution in [3.63, 3.8) is 0 Å². The van der Waals surface area contributed by atoms with E-state index in [4.69, 9.17) is 15.3 Å². The molecule has 0 aliphatic carbocycles. The zero-order valence-electron chi connectivity index (χ0n) is 10.5. The van der Waals surface area contributed by atoms with Gasteiger partial charge >= 0.3 is 5.97 Å². The van der Waals surface area contributed by atoms with E-state index in [2.05, 4.69) is 5.32 Å². The summed E-state index contributed by atoms with van der Waals surface area (Å²) >= 11 is 0. The highest BCUT2D eigenvalue weighted by molar-refractivity contribution is 5.92. The van der Waals surface area contributed by atoms with Gasteiger partial charge in [-0.25, -0.2) is 0 Å². The van der Waals surface area contributed by atoms with Gasteiger partial charge in [0.05, 0.1) is 6.54 Å². The Morgan fingerprint density at radius 1 is 1.44 bits per heavy atom. The molecule has 0 unspecified atom stereocenters. The van der Waals surface area contributed by atoms with Crippen molar-refractivity contribution >= 4 is 11.9 Å². The quantitative estimate of drug-likeness (QED) is 0.705. The Labute approximate surface area is 105 Å². The molecular formula is C12H18N2O4. The van der Waals surface area contributed by atoms with Gasteiger partial charge in [-0.3, -0.25) is 9.59 Å². The van der Waals surface area contributed by atoms with Gasteiger partial charge in [0, 0.05) is 12.0 Å². The van der Waals surface area contributed by atoms with E-state index >= 15 is 0 Å². The molecule has 0 bridgehead atoms. The molecule has 18 heavy (non-hydrogen) atoms. The lowest BCUT2D eigenvalue weighted by Crippen LogP contribution is -2.43. The van der Waals surface area contributed by atoms with Gasteiger partial charge in [-0.1, -0.05) is 0 Å². The summed E-state index contributed by atoms with van der Waals surface area (Å²) in [5, 5.41) is 11.3. The second-order valence-corrected chi connectivity index (χ2v) is 4.70. The third kappa shape index (κ3) is 4.21. The first-order valence-corrected chi connectivity index (χ1v) is 5.67. The molecule has 0 spiro atoms. The van der Waals surface area contributed by atoms with E-state index in [1.807, 2.05) is 0 Å². The van der Waals surface area contributed by atoms with E-state index in [0.29, 0.717) is 12.2 Å². The first-order chi connectivity index (χ1) is 8.34. The molecule has 4 N–H and O–H groups in total. The number of carbonyl (C=O) groups is 2. The number of carboxylic acids is 1. The summed E-state index contributed by atoms with van der Waals surface area (Å²) in [6.07, 6.45) is 0.345. The van der Waals surface area contributed by atoms with Crippen LogP contribution in [0.25, 0.3) is 0 Å². The zero-order valence-corrected chi connectivity index (χ0v) is 10.5. The third-order valence-electron chi connectivity index (χ3n) is 2.50. The number of furan rings is 1. The van der Waals surface area contributed by atoms with Crippen LogP contribution in [-0.4, -0.2) is 22.5 Å². The zero-order chi connectivity index (χ0) is 13.8. The van der Waals surface area contributed by atoms with Crippen LogP contribution in [0.2, 0.25) is 0 Å². The summed E-state index contributed by atoms with van der Waals surface area (Å²) in [5.41, 5.74) is 4.77. The van der Waals surface area contributed by atoms with Crippen LogP contribution in [0.3, 0.4) is 0 Å². The highest BCUT2D eigenvalue weighted by Crippen LogP contribution is 2.14. The lowest BCUT2D eigenvalue weighted by atomic mass is 9.98. The van der Waals surface area contributed by atoms with Crippen molar-refractivity contribution in [3.05, 3.63) is 23.7 Å². The van der Waals surface area contributed by atoms with Crippen LogP contribution in [0.1, 0.15) is 43.0 Å². The third-order valence-corrected chi connectivity index (χ3v) is 2.50. The van der Waals surface area contributed by atoms with E-state index in [1.165, 1.54) is 0 Å². The van der Waals surface area contributed by atoms with Crippen molar-refractivity contribution in [2.24, 2.45) is 5.73 Å². The molecule has 0 fully saturated rings. The molecule has 0 atom stereocenters. The highest BCUT2D eigenvalue weighted by Gasteiger charge is 2.23. The summed E-state index contributed by atoms with van der Waals surface area (Å²) in [5.74, 6) is -0.548. The van der Waals surface area contributed by atoms with Gasteiger partial charge in [0.25, 0.3) is 5.91 Å². The van der Waals surface area contributed by atoms with E-state index in [9.17, 15) is 9.59 Å². The number of rotatable bonds is 6. The smallest absolute Gasteiger partial charge is 0.303 e. The molecule has 6 nitrogen and oxygen atoms in total. The van der Waals surface area contributed by atoms with Crippen LogP contribution >= 0.6 is 0 Å². The predicted molar refractivity (Wildman–Crippen MR) is 65.0 cm³/mol. The minimum Gasteiger partial charge on any atom is -0.481 e. The van der Waals surface area contributed by atoms with E-state index in [0.717, 1.165) is 0 Å². The SMILES string of the molecule is CC(C)(CCC(=O)O)NC(=O)c1ccc(CN)o1. The number of hydrogen-bond acceptors (Lipinski definition) is 4. The highest BCUT2D eigenvalue weighted by atomic mass is 16.4. The number of amides is 1. The van der Waals surface area contributed by atoms with Crippen molar-refractivity contribution in [3.8, 4) is 0 Å². The number of nitrogens with one attached hydrogen (secondary N) is 1. The minimum atomic E-state index is -0.888. The molecule has 1 aromatic rings. The molecule has 1 aromatic heterocycles. The predicted octanol–water partition coefficient (Wildman–Crippen LogP) is 1.11. The maximum absolute atomic E-state index is 11.8. The summed E-state index contributed by atoms with van der Waals surface area (Å²) in [7, 11) is 0. The van der Waals surface area contributed by atoms with Crippen molar-refractivity contribution in [2.75, 3.05) is 0 Å². The van der Waals surface area contributed by atoms with Crippen LogP contribution in [0.15, 0.2) is 16.5 Å². The molecule has 0 saturated heterocycles. The van der Waals surface area contributed by atoms with Gasteiger partial charge in [-0.2, -0.15) is 0 Å². The van der Waals surface area contributed by atoms with Gasteiger partial charge in [0.2, 0.25) is 0 Å². The van der Waals surface area contributed by atoms with Crippen LogP contribution in [-0.2, 0) is 11.3 Å². The standard InChI is InChI=1S/C12H18N2O4/c1-12(2,6-5-10(15)16)14-11(17)9-4-3-8(7-13)18-9/h3-4H,5-7,13H2,1-2H3,(H,14,17)(H,15,16). The fourth-order valence-corrected chi connectivity index (χ4v) is 1.46.